The van der Waals surface area contributed by atoms with Crippen molar-refractivity contribution in [2.75, 3.05) is 6.61 Å². The van der Waals surface area contributed by atoms with Crippen molar-refractivity contribution in [1.82, 2.24) is 5.32 Å². The van der Waals surface area contributed by atoms with E-state index in [0.717, 1.165) is 0 Å². The number of hydrogen-bond donors (Lipinski definition) is 2. The highest BCUT2D eigenvalue weighted by Crippen LogP contribution is 2.21. The van der Waals surface area contributed by atoms with Crippen LogP contribution in [0, 0.1) is 0 Å². The first-order valence-corrected chi connectivity index (χ1v) is 5.90. The molecule has 0 heterocycles. The van der Waals surface area contributed by atoms with E-state index >= 15 is 0 Å². The van der Waals surface area contributed by atoms with Crippen LogP contribution in [0.25, 0.3) is 0 Å². The van der Waals surface area contributed by atoms with Crippen LogP contribution < -0.4 is 5.32 Å². The van der Waals surface area contributed by atoms with E-state index in [1.165, 1.54) is 0 Å². The first kappa shape index (κ1) is 18.2. The summed E-state index contributed by atoms with van der Waals surface area (Å²) in [6, 6.07) is -1.42. The highest BCUT2D eigenvalue weighted by atomic mass is 19.4. The van der Waals surface area contributed by atoms with Crippen LogP contribution in [0.1, 0.15) is 32.6 Å². The predicted molar refractivity (Wildman–Crippen MR) is 60.7 cm³/mol. The van der Waals surface area contributed by atoms with Gasteiger partial charge in [-0.05, 0) is 13.3 Å². The number of carbonyl (C=O) groups excluding carboxylic acids is 2. The highest BCUT2D eigenvalue weighted by molar-refractivity contribution is 5.84. The van der Waals surface area contributed by atoms with E-state index in [2.05, 4.69) is 4.74 Å². The molecule has 0 spiro atoms. The fraction of sp³-hybridized carbons (Fsp3) is 0.727. The van der Waals surface area contributed by atoms with Gasteiger partial charge in [-0.15, -0.1) is 0 Å². The molecule has 1 amide bonds. The van der Waals surface area contributed by atoms with E-state index in [1.54, 1.807) is 6.92 Å². The van der Waals surface area contributed by atoms with Gasteiger partial charge < -0.3 is 15.2 Å². The summed E-state index contributed by atoms with van der Waals surface area (Å²) in [4.78, 5) is 33.0. The third kappa shape index (κ3) is 9.17. The molecule has 0 radical (unpaired) electrons. The highest BCUT2D eigenvalue weighted by Gasteiger charge is 2.29. The van der Waals surface area contributed by atoms with Gasteiger partial charge in [0.25, 0.3) is 0 Å². The quantitative estimate of drug-likeness (QED) is 0.658. The maximum atomic E-state index is 11.9. The molecule has 0 unspecified atom stereocenters. The van der Waals surface area contributed by atoms with E-state index in [-0.39, 0.29) is 19.4 Å². The topological polar surface area (TPSA) is 92.7 Å². The molecular weight excluding hydrogens is 283 g/mol. The van der Waals surface area contributed by atoms with Gasteiger partial charge in [0.1, 0.15) is 6.04 Å². The Balaban J connectivity index is 4.23. The standard InChI is InChI=1S/C11H16F3NO5/c1-2-20-9(17)4-3-7(10(18)19)15-8(16)5-6-11(12,13)14/h7H,2-6H2,1H3,(H,15,16)(H,18,19)/t7-/m0/s1. The van der Waals surface area contributed by atoms with Crippen LogP contribution in [-0.2, 0) is 19.1 Å². The van der Waals surface area contributed by atoms with Crippen molar-refractivity contribution in [3.63, 3.8) is 0 Å². The second-order valence-electron chi connectivity index (χ2n) is 3.92. The summed E-state index contributed by atoms with van der Waals surface area (Å²) in [5.74, 6) is -3.09. The molecule has 9 heteroatoms. The van der Waals surface area contributed by atoms with Crippen LogP contribution >= 0.6 is 0 Å². The summed E-state index contributed by atoms with van der Waals surface area (Å²) in [6.45, 7) is 1.71. The zero-order valence-electron chi connectivity index (χ0n) is 10.8. The second-order valence-corrected chi connectivity index (χ2v) is 3.92. The van der Waals surface area contributed by atoms with Gasteiger partial charge in [-0.2, -0.15) is 13.2 Å². The minimum Gasteiger partial charge on any atom is -0.480 e. The number of amides is 1. The Morgan fingerprint density at radius 1 is 1.25 bits per heavy atom. The van der Waals surface area contributed by atoms with Crippen LogP contribution in [-0.4, -0.2) is 41.8 Å². The zero-order chi connectivity index (χ0) is 15.8. The summed E-state index contributed by atoms with van der Waals surface area (Å²) in [7, 11) is 0. The molecule has 116 valence electrons. The zero-order valence-corrected chi connectivity index (χ0v) is 10.8. The van der Waals surface area contributed by atoms with Gasteiger partial charge in [-0.3, -0.25) is 9.59 Å². The van der Waals surface area contributed by atoms with Crippen molar-refractivity contribution in [2.24, 2.45) is 0 Å². The maximum Gasteiger partial charge on any atom is 0.389 e. The smallest absolute Gasteiger partial charge is 0.389 e. The number of aliphatic carboxylic acids is 1. The van der Waals surface area contributed by atoms with Crippen molar-refractivity contribution < 1.29 is 37.4 Å². The van der Waals surface area contributed by atoms with E-state index in [9.17, 15) is 27.6 Å². The molecular formula is C11H16F3NO5. The Hall–Kier alpha value is -1.80. The summed E-state index contributed by atoms with van der Waals surface area (Å²) >= 11 is 0. The molecule has 1 atom stereocenters. The Labute approximate surface area is 113 Å². The molecule has 0 aromatic rings. The summed E-state index contributed by atoms with van der Waals surface area (Å²) < 4.78 is 40.3. The predicted octanol–water partition coefficient (Wildman–Crippen LogP) is 1.24. The number of carbonyl (C=O) groups is 3. The maximum absolute atomic E-state index is 11.9. The van der Waals surface area contributed by atoms with Gasteiger partial charge in [0.2, 0.25) is 5.91 Å². The number of halogens is 3. The number of rotatable bonds is 8. The van der Waals surface area contributed by atoms with E-state index in [4.69, 9.17) is 5.11 Å². The van der Waals surface area contributed by atoms with Gasteiger partial charge in [0.05, 0.1) is 13.0 Å². The largest absolute Gasteiger partial charge is 0.480 e. The Morgan fingerprint density at radius 2 is 1.85 bits per heavy atom. The van der Waals surface area contributed by atoms with Gasteiger partial charge in [-0.25, -0.2) is 4.79 Å². The van der Waals surface area contributed by atoms with E-state index < -0.39 is 42.9 Å². The first-order chi connectivity index (χ1) is 9.15. The molecule has 0 aromatic heterocycles. The SMILES string of the molecule is CCOC(=O)CC[C@H](NC(=O)CCC(F)(F)F)C(=O)O. The number of alkyl halides is 3. The lowest BCUT2D eigenvalue weighted by Crippen LogP contribution is -2.41. The summed E-state index contributed by atoms with van der Waals surface area (Å²) in [5, 5.41) is 10.7. The number of nitrogens with one attached hydrogen (secondary N) is 1. The number of esters is 1. The third-order valence-electron chi connectivity index (χ3n) is 2.21. The number of carboxylic acid groups (broad SMARTS) is 1. The Morgan fingerprint density at radius 3 is 2.30 bits per heavy atom. The van der Waals surface area contributed by atoms with Crippen LogP contribution in [0.3, 0.4) is 0 Å². The van der Waals surface area contributed by atoms with Crippen LogP contribution in [0.2, 0.25) is 0 Å². The van der Waals surface area contributed by atoms with Crippen molar-refractivity contribution >= 4 is 17.8 Å². The molecule has 6 nitrogen and oxygen atoms in total. The third-order valence-corrected chi connectivity index (χ3v) is 2.21. The fourth-order valence-corrected chi connectivity index (χ4v) is 1.27. The van der Waals surface area contributed by atoms with Gasteiger partial charge >= 0.3 is 18.1 Å². The summed E-state index contributed by atoms with van der Waals surface area (Å²) in [5.41, 5.74) is 0. The second kappa shape index (κ2) is 8.39. The lowest BCUT2D eigenvalue weighted by Gasteiger charge is -2.14. The Kier molecular flexibility index (Phi) is 7.63. The lowest BCUT2D eigenvalue weighted by molar-refractivity contribution is -0.147. The molecule has 0 aromatic carbocycles. The monoisotopic (exact) mass is 299 g/mol. The van der Waals surface area contributed by atoms with E-state index in [1.807, 2.05) is 5.32 Å². The van der Waals surface area contributed by atoms with Crippen LogP contribution in [0.5, 0.6) is 0 Å². The van der Waals surface area contributed by atoms with Crippen molar-refractivity contribution in [2.45, 2.75) is 44.8 Å². The molecule has 0 rings (SSSR count). The molecule has 2 N–H and O–H groups in total. The number of ether oxygens (including phenoxy) is 1. The van der Waals surface area contributed by atoms with Gasteiger partial charge in [0, 0.05) is 12.8 Å². The van der Waals surface area contributed by atoms with E-state index in [0.29, 0.717) is 0 Å². The Bertz CT molecular complexity index is 356. The molecule has 20 heavy (non-hydrogen) atoms. The molecule has 0 bridgehead atoms. The fourth-order valence-electron chi connectivity index (χ4n) is 1.27. The van der Waals surface area contributed by atoms with Crippen LogP contribution in [0.15, 0.2) is 0 Å². The van der Waals surface area contributed by atoms with Gasteiger partial charge in [-0.1, -0.05) is 0 Å². The molecule has 0 fully saturated rings. The molecule has 0 saturated carbocycles. The summed E-state index contributed by atoms with van der Waals surface area (Å²) in [6.07, 6.45) is -7.16. The van der Waals surface area contributed by atoms with Crippen molar-refractivity contribution in [1.29, 1.82) is 0 Å². The lowest BCUT2D eigenvalue weighted by atomic mass is 10.1. The number of hydrogen-bond acceptors (Lipinski definition) is 4. The average Bonchev–Trinajstić information content (AvgIpc) is 2.31. The molecule has 0 aliphatic rings. The van der Waals surface area contributed by atoms with Crippen molar-refractivity contribution in [3.05, 3.63) is 0 Å². The molecule has 0 saturated heterocycles. The normalized spacial score (nSPS) is 12.6. The minimum absolute atomic E-state index is 0.133. The van der Waals surface area contributed by atoms with Gasteiger partial charge in [0.15, 0.2) is 0 Å². The average molecular weight is 299 g/mol. The molecule has 0 aliphatic carbocycles. The number of carboxylic acids is 1. The van der Waals surface area contributed by atoms with Crippen molar-refractivity contribution in [3.8, 4) is 0 Å². The van der Waals surface area contributed by atoms with Crippen LogP contribution in [0.4, 0.5) is 13.2 Å². The molecule has 0 aliphatic heterocycles. The first-order valence-electron chi connectivity index (χ1n) is 5.90. The minimum atomic E-state index is -4.49.